The van der Waals surface area contributed by atoms with Crippen LogP contribution < -0.4 is 0 Å². The zero-order chi connectivity index (χ0) is 12.7. The Morgan fingerprint density at radius 3 is 1.12 bits per heavy atom. The van der Waals surface area contributed by atoms with Gasteiger partial charge in [-0.3, -0.25) is 0 Å². The number of benzene rings is 1. The summed E-state index contributed by atoms with van der Waals surface area (Å²) in [6, 6.07) is 5.02. The van der Waals surface area contributed by atoms with Crippen LogP contribution in [0.5, 0.6) is 0 Å². The average molecular weight is 228 g/mol. The van der Waals surface area contributed by atoms with E-state index >= 15 is 0 Å². The van der Waals surface area contributed by atoms with Crippen LogP contribution in [0.15, 0.2) is 24.3 Å². The standard InChI is InChI=1S/C8H6O4.BH3O3/c9-7(10)5-1-2-6(4-3-5)8(11)12;2-1(3)4/h1-4H,(H,9,10)(H,11,12);2-4H. The highest BCUT2D eigenvalue weighted by molar-refractivity contribution is 6.30. The molecule has 0 aliphatic carbocycles. The molecule has 0 aliphatic rings. The van der Waals surface area contributed by atoms with E-state index in [0.29, 0.717) is 0 Å². The van der Waals surface area contributed by atoms with E-state index < -0.39 is 19.3 Å². The van der Waals surface area contributed by atoms with E-state index in [1.165, 1.54) is 24.3 Å². The van der Waals surface area contributed by atoms with Gasteiger partial charge in [-0.15, -0.1) is 0 Å². The lowest BCUT2D eigenvalue weighted by atomic mass is 10.1. The van der Waals surface area contributed by atoms with Gasteiger partial charge in [0.1, 0.15) is 0 Å². The molecule has 8 heteroatoms. The van der Waals surface area contributed by atoms with Crippen molar-refractivity contribution in [2.24, 2.45) is 0 Å². The van der Waals surface area contributed by atoms with E-state index in [0.717, 1.165) is 0 Å². The number of hydrogen-bond donors (Lipinski definition) is 5. The van der Waals surface area contributed by atoms with Gasteiger partial charge in [0.05, 0.1) is 11.1 Å². The summed E-state index contributed by atoms with van der Waals surface area (Å²) in [4.78, 5) is 20.7. The maximum atomic E-state index is 10.3. The molecule has 16 heavy (non-hydrogen) atoms. The van der Waals surface area contributed by atoms with Crippen molar-refractivity contribution in [2.75, 3.05) is 0 Å². The van der Waals surface area contributed by atoms with Crippen molar-refractivity contribution in [3.05, 3.63) is 35.4 Å². The third-order valence-electron chi connectivity index (χ3n) is 1.38. The molecule has 0 saturated heterocycles. The lowest BCUT2D eigenvalue weighted by Gasteiger charge is -1.94. The highest BCUT2D eigenvalue weighted by Gasteiger charge is 2.04. The summed E-state index contributed by atoms with van der Waals surface area (Å²) in [6.07, 6.45) is 0. The van der Waals surface area contributed by atoms with Crippen LogP contribution in [0.2, 0.25) is 0 Å². The van der Waals surface area contributed by atoms with Crippen LogP contribution in [-0.4, -0.2) is 44.5 Å². The Morgan fingerprint density at radius 1 is 0.812 bits per heavy atom. The summed E-state index contributed by atoms with van der Waals surface area (Å²) in [5.74, 6) is -2.13. The molecule has 5 N–H and O–H groups in total. The number of rotatable bonds is 2. The lowest BCUT2D eigenvalue weighted by Crippen LogP contribution is -2.07. The van der Waals surface area contributed by atoms with Crippen molar-refractivity contribution >= 4 is 19.3 Å². The third kappa shape index (κ3) is 5.76. The predicted molar refractivity (Wildman–Crippen MR) is 52.8 cm³/mol. The number of hydrogen-bond acceptors (Lipinski definition) is 5. The minimum Gasteiger partial charge on any atom is -0.478 e. The Morgan fingerprint density at radius 2 is 1.00 bits per heavy atom. The van der Waals surface area contributed by atoms with E-state index in [-0.39, 0.29) is 11.1 Å². The Bertz CT molecular complexity index is 323. The Balaban J connectivity index is 0.000000487. The van der Waals surface area contributed by atoms with Crippen molar-refractivity contribution in [1.82, 2.24) is 0 Å². The average Bonchev–Trinajstić information content (AvgIpc) is 2.17. The van der Waals surface area contributed by atoms with Crippen LogP contribution in [0.3, 0.4) is 0 Å². The fraction of sp³-hybridized carbons (Fsp3) is 0. The van der Waals surface area contributed by atoms with Gasteiger partial charge in [0.15, 0.2) is 0 Å². The van der Waals surface area contributed by atoms with Crippen molar-refractivity contribution in [3.63, 3.8) is 0 Å². The SMILES string of the molecule is O=C(O)c1ccc(C(=O)O)cc1.OB(O)O. The second kappa shape index (κ2) is 6.56. The van der Waals surface area contributed by atoms with E-state index in [9.17, 15) is 9.59 Å². The quantitative estimate of drug-likeness (QED) is 0.411. The van der Waals surface area contributed by atoms with Crippen molar-refractivity contribution < 1.29 is 34.9 Å². The summed E-state index contributed by atoms with van der Waals surface area (Å²) in [5, 5.41) is 38.4. The Hall–Kier alpha value is -1.90. The van der Waals surface area contributed by atoms with Gasteiger partial charge in [0, 0.05) is 0 Å². The molecule has 0 amide bonds. The highest BCUT2D eigenvalue weighted by atomic mass is 16.5. The van der Waals surface area contributed by atoms with E-state index in [1.54, 1.807) is 0 Å². The molecule has 0 atom stereocenters. The molecule has 1 aromatic rings. The first-order chi connectivity index (χ1) is 7.34. The molecule has 0 spiro atoms. The van der Waals surface area contributed by atoms with Crippen LogP contribution in [0, 0.1) is 0 Å². The van der Waals surface area contributed by atoms with E-state index in [1.807, 2.05) is 0 Å². The van der Waals surface area contributed by atoms with Crippen LogP contribution in [0.4, 0.5) is 0 Å². The summed E-state index contributed by atoms with van der Waals surface area (Å²) in [7, 11) is -2.17. The van der Waals surface area contributed by atoms with E-state index in [2.05, 4.69) is 0 Å². The molecule has 1 rings (SSSR count). The Kier molecular flexibility index (Phi) is 5.79. The molecule has 86 valence electrons. The van der Waals surface area contributed by atoms with Gasteiger partial charge in [-0.1, -0.05) is 0 Å². The van der Waals surface area contributed by atoms with Gasteiger partial charge >= 0.3 is 19.3 Å². The normalized spacial score (nSPS) is 8.69. The molecule has 0 bridgehead atoms. The van der Waals surface area contributed by atoms with Gasteiger partial charge in [-0.05, 0) is 24.3 Å². The lowest BCUT2D eigenvalue weighted by molar-refractivity contribution is 0.0681. The topological polar surface area (TPSA) is 135 Å². The van der Waals surface area contributed by atoms with Gasteiger partial charge in [0.25, 0.3) is 0 Å². The van der Waals surface area contributed by atoms with Gasteiger partial charge < -0.3 is 25.3 Å². The maximum Gasteiger partial charge on any atom is 0.631 e. The smallest absolute Gasteiger partial charge is 0.478 e. The third-order valence-corrected chi connectivity index (χ3v) is 1.38. The predicted octanol–water partition coefficient (Wildman–Crippen LogP) is -0.969. The fourth-order valence-electron chi connectivity index (χ4n) is 0.755. The van der Waals surface area contributed by atoms with Gasteiger partial charge in [-0.25, -0.2) is 9.59 Å². The number of carboxylic acid groups (broad SMARTS) is 2. The summed E-state index contributed by atoms with van der Waals surface area (Å²) >= 11 is 0. The van der Waals surface area contributed by atoms with Crippen molar-refractivity contribution in [1.29, 1.82) is 0 Å². The first-order valence-corrected chi connectivity index (χ1v) is 3.95. The summed E-state index contributed by atoms with van der Waals surface area (Å²) in [6.45, 7) is 0. The van der Waals surface area contributed by atoms with Crippen LogP contribution in [0.25, 0.3) is 0 Å². The molecule has 0 unspecified atom stereocenters. The van der Waals surface area contributed by atoms with E-state index in [4.69, 9.17) is 25.3 Å². The maximum absolute atomic E-state index is 10.3. The molecule has 0 heterocycles. The summed E-state index contributed by atoms with van der Waals surface area (Å²) in [5.41, 5.74) is 0.167. The molecule has 0 saturated carbocycles. The first-order valence-electron chi connectivity index (χ1n) is 3.95. The van der Waals surface area contributed by atoms with Crippen molar-refractivity contribution in [3.8, 4) is 0 Å². The highest BCUT2D eigenvalue weighted by Crippen LogP contribution is 2.03. The molecule has 0 aliphatic heterocycles. The molecule has 0 fully saturated rings. The second-order valence-electron chi connectivity index (χ2n) is 2.53. The minimum absolute atomic E-state index is 0.0833. The zero-order valence-electron chi connectivity index (χ0n) is 7.94. The first kappa shape index (κ1) is 14.1. The molecule has 0 radical (unpaired) electrons. The summed E-state index contributed by atoms with van der Waals surface area (Å²) < 4.78 is 0. The zero-order valence-corrected chi connectivity index (χ0v) is 7.94. The largest absolute Gasteiger partial charge is 0.631 e. The molecular formula is C8H9BO7. The van der Waals surface area contributed by atoms with Gasteiger partial charge in [-0.2, -0.15) is 0 Å². The second-order valence-corrected chi connectivity index (χ2v) is 2.53. The molecular weight excluding hydrogens is 219 g/mol. The molecule has 1 aromatic carbocycles. The van der Waals surface area contributed by atoms with Gasteiger partial charge in [0.2, 0.25) is 0 Å². The number of carboxylic acids is 2. The molecule has 0 aromatic heterocycles. The van der Waals surface area contributed by atoms with Crippen LogP contribution in [0.1, 0.15) is 20.7 Å². The Labute approximate surface area is 90.4 Å². The van der Waals surface area contributed by atoms with Crippen LogP contribution in [-0.2, 0) is 0 Å². The minimum atomic E-state index is -2.17. The monoisotopic (exact) mass is 228 g/mol. The number of carbonyl (C=O) groups is 2. The van der Waals surface area contributed by atoms with Crippen molar-refractivity contribution in [2.45, 2.75) is 0 Å². The molecule has 7 nitrogen and oxygen atoms in total. The van der Waals surface area contributed by atoms with Crippen LogP contribution >= 0.6 is 0 Å². The number of aromatic carboxylic acids is 2. The fourth-order valence-corrected chi connectivity index (χ4v) is 0.755.